The van der Waals surface area contributed by atoms with Gasteiger partial charge in [0.25, 0.3) is 5.91 Å². The second kappa shape index (κ2) is 7.02. The second-order valence-corrected chi connectivity index (χ2v) is 5.62. The monoisotopic (exact) mass is 325 g/mol. The Kier molecular flexibility index (Phi) is 4.63. The summed E-state index contributed by atoms with van der Waals surface area (Å²) < 4.78 is 5.20. The molecular formula is C17H15N3O2S. The Hall–Kier alpha value is -2.73. The molecule has 0 aliphatic carbocycles. The Balaban J connectivity index is 1.67. The maximum Gasteiger partial charge on any atom is 0.255 e. The number of benzene rings is 1. The average molecular weight is 325 g/mol. The molecule has 6 heteroatoms. The van der Waals surface area contributed by atoms with Gasteiger partial charge in [-0.05, 0) is 24.3 Å². The zero-order chi connectivity index (χ0) is 16.1. The fourth-order valence-corrected chi connectivity index (χ4v) is 2.94. The van der Waals surface area contributed by atoms with Gasteiger partial charge in [0.1, 0.15) is 10.8 Å². The Morgan fingerprint density at radius 1 is 1.22 bits per heavy atom. The molecule has 23 heavy (non-hydrogen) atoms. The molecule has 2 heterocycles. The number of pyridine rings is 1. The predicted octanol–water partition coefficient (Wildman–Crippen LogP) is 3.14. The van der Waals surface area contributed by atoms with Crippen molar-refractivity contribution < 1.29 is 9.53 Å². The van der Waals surface area contributed by atoms with Gasteiger partial charge in [-0.3, -0.25) is 9.78 Å². The van der Waals surface area contributed by atoms with Crippen molar-refractivity contribution in [3.8, 4) is 16.3 Å². The first-order valence-corrected chi connectivity index (χ1v) is 7.92. The maximum absolute atomic E-state index is 12.3. The lowest BCUT2D eigenvalue weighted by Crippen LogP contribution is -2.23. The Morgan fingerprint density at radius 2 is 2.00 bits per heavy atom. The highest BCUT2D eigenvalue weighted by atomic mass is 32.1. The first-order chi connectivity index (χ1) is 11.3. The number of ether oxygens (including phenoxy) is 1. The molecule has 5 nitrogen and oxygen atoms in total. The lowest BCUT2D eigenvalue weighted by Gasteiger charge is -2.08. The summed E-state index contributed by atoms with van der Waals surface area (Å²) in [5.41, 5.74) is 2.36. The van der Waals surface area contributed by atoms with Crippen molar-refractivity contribution in [2.45, 2.75) is 6.54 Å². The minimum atomic E-state index is -0.180. The van der Waals surface area contributed by atoms with E-state index in [0.29, 0.717) is 17.9 Å². The number of thiazole rings is 1. The summed E-state index contributed by atoms with van der Waals surface area (Å²) in [5, 5.41) is 5.72. The zero-order valence-electron chi connectivity index (χ0n) is 12.5. The summed E-state index contributed by atoms with van der Waals surface area (Å²) in [4.78, 5) is 20.8. The molecule has 1 N–H and O–H groups in total. The van der Waals surface area contributed by atoms with Gasteiger partial charge in [-0.2, -0.15) is 0 Å². The quantitative estimate of drug-likeness (QED) is 0.783. The highest BCUT2D eigenvalue weighted by molar-refractivity contribution is 7.13. The summed E-state index contributed by atoms with van der Waals surface area (Å²) in [6.45, 7) is 0.373. The largest absolute Gasteiger partial charge is 0.496 e. The van der Waals surface area contributed by atoms with Crippen LogP contribution < -0.4 is 10.1 Å². The molecule has 0 aliphatic heterocycles. The molecule has 3 rings (SSSR count). The van der Waals surface area contributed by atoms with Crippen molar-refractivity contribution in [1.29, 1.82) is 0 Å². The van der Waals surface area contributed by atoms with E-state index >= 15 is 0 Å². The van der Waals surface area contributed by atoms with E-state index in [-0.39, 0.29) is 5.91 Å². The van der Waals surface area contributed by atoms with Crippen LogP contribution in [-0.2, 0) is 6.54 Å². The summed E-state index contributed by atoms with van der Waals surface area (Å²) >= 11 is 1.54. The van der Waals surface area contributed by atoms with Crippen molar-refractivity contribution in [3.63, 3.8) is 0 Å². The number of nitrogens with one attached hydrogen (secondary N) is 1. The SMILES string of the molecule is COc1ccccc1C(=O)NCc1csc(-c2ccncc2)n1. The third-order valence-electron chi connectivity index (χ3n) is 3.26. The number of para-hydroxylation sites is 1. The summed E-state index contributed by atoms with van der Waals surface area (Å²) in [7, 11) is 1.55. The first-order valence-electron chi connectivity index (χ1n) is 7.04. The van der Waals surface area contributed by atoms with E-state index in [4.69, 9.17) is 4.74 Å². The van der Waals surface area contributed by atoms with Crippen LogP contribution in [0.15, 0.2) is 54.2 Å². The van der Waals surface area contributed by atoms with Crippen LogP contribution in [0, 0.1) is 0 Å². The third kappa shape index (κ3) is 3.54. The van der Waals surface area contributed by atoms with Crippen molar-refractivity contribution in [2.24, 2.45) is 0 Å². The van der Waals surface area contributed by atoms with E-state index in [1.807, 2.05) is 29.6 Å². The van der Waals surface area contributed by atoms with E-state index < -0.39 is 0 Å². The second-order valence-electron chi connectivity index (χ2n) is 4.76. The van der Waals surface area contributed by atoms with Crippen molar-refractivity contribution in [1.82, 2.24) is 15.3 Å². The van der Waals surface area contributed by atoms with Gasteiger partial charge in [-0.1, -0.05) is 12.1 Å². The number of methoxy groups -OCH3 is 1. The Morgan fingerprint density at radius 3 is 2.78 bits per heavy atom. The number of aromatic nitrogens is 2. The molecule has 1 aromatic carbocycles. The van der Waals surface area contributed by atoms with Crippen LogP contribution in [0.4, 0.5) is 0 Å². The van der Waals surface area contributed by atoms with Gasteiger partial charge >= 0.3 is 0 Å². The standard InChI is InChI=1S/C17H15N3O2S/c1-22-15-5-3-2-4-14(15)16(21)19-10-13-11-23-17(20-13)12-6-8-18-9-7-12/h2-9,11H,10H2,1H3,(H,19,21). The molecule has 0 bridgehead atoms. The van der Waals surface area contributed by atoms with Crippen LogP contribution in [0.3, 0.4) is 0 Å². The van der Waals surface area contributed by atoms with Crippen LogP contribution in [0.25, 0.3) is 10.6 Å². The number of carbonyl (C=O) groups excluding carboxylic acids is 1. The number of amides is 1. The molecule has 0 unspecified atom stereocenters. The molecular weight excluding hydrogens is 310 g/mol. The topological polar surface area (TPSA) is 64.1 Å². The first kappa shape index (κ1) is 15.2. The number of hydrogen-bond donors (Lipinski definition) is 1. The minimum Gasteiger partial charge on any atom is -0.496 e. The van der Waals surface area contributed by atoms with E-state index in [1.54, 1.807) is 43.0 Å². The Labute approximate surface area is 138 Å². The molecule has 0 saturated carbocycles. The van der Waals surface area contributed by atoms with Gasteiger partial charge in [-0.25, -0.2) is 4.98 Å². The molecule has 0 atom stereocenters. The van der Waals surface area contributed by atoms with Gasteiger partial charge in [0.2, 0.25) is 0 Å². The van der Waals surface area contributed by atoms with Gasteiger partial charge in [-0.15, -0.1) is 11.3 Å². The van der Waals surface area contributed by atoms with Crippen LogP contribution in [0.1, 0.15) is 16.1 Å². The average Bonchev–Trinajstić information content (AvgIpc) is 3.09. The van der Waals surface area contributed by atoms with Gasteiger partial charge in [0.05, 0.1) is 24.9 Å². The maximum atomic E-state index is 12.3. The van der Waals surface area contributed by atoms with Crippen LogP contribution in [-0.4, -0.2) is 23.0 Å². The highest BCUT2D eigenvalue weighted by Gasteiger charge is 2.12. The molecule has 3 aromatic rings. The molecule has 2 aromatic heterocycles. The van der Waals surface area contributed by atoms with Gasteiger partial charge in [0, 0.05) is 23.3 Å². The van der Waals surface area contributed by atoms with E-state index in [2.05, 4.69) is 15.3 Å². The molecule has 0 aliphatic rings. The minimum absolute atomic E-state index is 0.180. The summed E-state index contributed by atoms with van der Waals surface area (Å²) in [6.07, 6.45) is 3.47. The number of nitrogens with zero attached hydrogens (tertiary/aromatic N) is 2. The van der Waals surface area contributed by atoms with E-state index in [0.717, 1.165) is 16.3 Å². The third-order valence-corrected chi connectivity index (χ3v) is 4.20. The van der Waals surface area contributed by atoms with Crippen LogP contribution in [0.2, 0.25) is 0 Å². The molecule has 116 valence electrons. The molecule has 0 fully saturated rings. The number of rotatable bonds is 5. The summed E-state index contributed by atoms with van der Waals surface area (Å²) in [6, 6.07) is 11.0. The van der Waals surface area contributed by atoms with Crippen LogP contribution in [0.5, 0.6) is 5.75 Å². The highest BCUT2D eigenvalue weighted by Crippen LogP contribution is 2.23. The zero-order valence-corrected chi connectivity index (χ0v) is 13.3. The lowest BCUT2D eigenvalue weighted by atomic mass is 10.2. The summed E-state index contributed by atoms with van der Waals surface area (Å²) in [5.74, 6) is 0.377. The molecule has 0 spiro atoms. The van der Waals surface area contributed by atoms with Crippen molar-refractivity contribution >= 4 is 17.2 Å². The number of hydrogen-bond acceptors (Lipinski definition) is 5. The fourth-order valence-electron chi connectivity index (χ4n) is 2.11. The van der Waals surface area contributed by atoms with Crippen molar-refractivity contribution in [2.75, 3.05) is 7.11 Å². The molecule has 1 amide bonds. The van der Waals surface area contributed by atoms with E-state index in [9.17, 15) is 4.79 Å². The fraction of sp³-hybridized carbons (Fsp3) is 0.118. The predicted molar refractivity (Wildman–Crippen MR) is 89.5 cm³/mol. The van der Waals surface area contributed by atoms with Gasteiger partial charge in [0.15, 0.2) is 0 Å². The van der Waals surface area contributed by atoms with Crippen molar-refractivity contribution in [3.05, 3.63) is 65.4 Å². The van der Waals surface area contributed by atoms with Gasteiger partial charge < -0.3 is 10.1 Å². The van der Waals surface area contributed by atoms with Crippen LogP contribution >= 0.6 is 11.3 Å². The normalized spacial score (nSPS) is 10.3. The smallest absolute Gasteiger partial charge is 0.255 e. The molecule has 0 radical (unpaired) electrons. The molecule has 0 saturated heterocycles. The Bertz CT molecular complexity index is 802. The van der Waals surface area contributed by atoms with E-state index in [1.165, 1.54) is 0 Å². The number of carbonyl (C=O) groups is 1. The lowest BCUT2D eigenvalue weighted by molar-refractivity contribution is 0.0947.